The van der Waals surface area contributed by atoms with Crippen LogP contribution < -0.4 is 4.74 Å². The maximum Gasteiger partial charge on any atom is 0.573 e. The van der Waals surface area contributed by atoms with E-state index in [1.165, 1.54) is 13.8 Å². The van der Waals surface area contributed by atoms with Gasteiger partial charge in [-0.15, -0.1) is 13.2 Å². The number of carbonyl (C=O) groups is 1. The number of aryl methyl sites for hydroxylation is 1. The van der Waals surface area contributed by atoms with Crippen LogP contribution in [0.1, 0.15) is 18.2 Å². The maximum atomic E-state index is 12.2. The van der Waals surface area contributed by atoms with Gasteiger partial charge in [0.25, 0.3) is 0 Å². The van der Waals surface area contributed by atoms with Gasteiger partial charge in [0.1, 0.15) is 0 Å². The van der Waals surface area contributed by atoms with Gasteiger partial charge in [-0.25, -0.2) is 0 Å². The van der Waals surface area contributed by atoms with Gasteiger partial charge in [0.2, 0.25) is 5.75 Å². The lowest BCUT2D eigenvalue weighted by Gasteiger charge is -2.12. The van der Waals surface area contributed by atoms with Crippen molar-refractivity contribution in [1.29, 1.82) is 0 Å². The summed E-state index contributed by atoms with van der Waals surface area (Å²) >= 11 is 0. The van der Waals surface area contributed by atoms with E-state index in [1.54, 1.807) is 0 Å². The van der Waals surface area contributed by atoms with Crippen molar-refractivity contribution in [2.24, 2.45) is 0 Å². The highest BCUT2D eigenvalue weighted by molar-refractivity contribution is 5.75. The van der Waals surface area contributed by atoms with Gasteiger partial charge in [0, 0.05) is 5.69 Å². The molecule has 0 aliphatic carbocycles. The molecule has 0 saturated carbocycles. The van der Waals surface area contributed by atoms with Gasteiger partial charge in [-0.3, -0.25) is 19.9 Å². The monoisotopic (exact) mass is 308 g/mol. The molecule has 0 bridgehead atoms. The van der Waals surface area contributed by atoms with Gasteiger partial charge in [0.05, 0.1) is 29.7 Å². The minimum absolute atomic E-state index is 0.0395. The number of nitro groups is 1. The van der Waals surface area contributed by atoms with Crippen molar-refractivity contribution < 1.29 is 32.4 Å². The lowest BCUT2D eigenvalue weighted by Crippen LogP contribution is -2.19. The average Bonchev–Trinajstić information content (AvgIpc) is 2.31. The standard InChI is InChI=1S/C11H11F3N2O5/c1-3-20-9(17)4-7-6(2)15-5-8(10(7)16(18)19)21-11(12,13)14/h5H,3-4H2,1-2H3. The number of aromatic nitrogens is 1. The number of alkyl halides is 3. The Kier molecular flexibility index (Phi) is 5.06. The zero-order chi connectivity index (χ0) is 16.2. The summed E-state index contributed by atoms with van der Waals surface area (Å²) < 4.78 is 44.9. The summed E-state index contributed by atoms with van der Waals surface area (Å²) in [6.07, 6.45) is -5.09. The summed E-state index contributed by atoms with van der Waals surface area (Å²) in [6.45, 7) is 2.90. The molecule has 116 valence electrons. The third kappa shape index (κ3) is 4.58. The van der Waals surface area contributed by atoms with Crippen LogP contribution in [0.3, 0.4) is 0 Å². The van der Waals surface area contributed by atoms with Crippen LogP contribution in [0.25, 0.3) is 0 Å². The SMILES string of the molecule is CCOC(=O)Cc1c(C)ncc(OC(F)(F)F)c1[N+](=O)[O-]. The Bertz CT molecular complexity index is 560. The fourth-order valence-corrected chi connectivity index (χ4v) is 1.58. The van der Waals surface area contributed by atoms with Crippen LogP contribution >= 0.6 is 0 Å². The largest absolute Gasteiger partial charge is 0.573 e. The molecule has 0 N–H and O–H groups in total. The topological polar surface area (TPSA) is 91.6 Å². The van der Waals surface area contributed by atoms with E-state index in [0.717, 1.165) is 0 Å². The highest BCUT2D eigenvalue weighted by atomic mass is 19.4. The predicted molar refractivity (Wildman–Crippen MR) is 62.6 cm³/mol. The van der Waals surface area contributed by atoms with Crippen LogP contribution in [0.4, 0.5) is 18.9 Å². The van der Waals surface area contributed by atoms with Crippen molar-refractivity contribution in [3.05, 3.63) is 27.6 Å². The van der Waals surface area contributed by atoms with Gasteiger partial charge in [0.15, 0.2) is 0 Å². The molecule has 1 aromatic rings. The summed E-state index contributed by atoms with van der Waals surface area (Å²) in [4.78, 5) is 24.9. The van der Waals surface area contributed by atoms with Crippen LogP contribution in [0.15, 0.2) is 6.20 Å². The smallest absolute Gasteiger partial charge is 0.466 e. The predicted octanol–water partition coefficient (Wildman–Crippen LogP) is 2.30. The molecule has 21 heavy (non-hydrogen) atoms. The molecule has 0 aromatic carbocycles. The lowest BCUT2D eigenvalue weighted by molar-refractivity contribution is -0.389. The Morgan fingerprint density at radius 2 is 2.10 bits per heavy atom. The number of rotatable bonds is 5. The molecule has 0 aliphatic rings. The lowest BCUT2D eigenvalue weighted by atomic mass is 10.1. The Balaban J connectivity index is 3.30. The Hall–Kier alpha value is -2.39. The quantitative estimate of drug-likeness (QED) is 0.471. The van der Waals surface area contributed by atoms with E-state index in [9.17, 15) is 28.1 Å². The van der Waals surface area contributed by atoms with Crippen molar-refractivity contribution in [1.82, 2.24) is 4.98 Å². The number of halogens is 3. The number of pyridine rings is 1. The minimum Gasteiger partial charge on any atom is -0.466 e. The second kappa shape index (κ2) is 6.37. The third-order valence-corrected chi connectivity index (χ3v) is 2.37. The van der Waals surface area contributed by atoms with Crippen LogP contribution in [0, 0.1) is 17.0 Å². The van der Waals surface area contributed by atoms with Crippen LogP contribution in [0.5, 0.6) is 5.75 Å². The summed E-state index contributed by atoms with van der Waals surface area (Å²) in [5.74, 6) is -1.88. The molecule has 10 heteroatoms. The van der Waals surface area contributed by atoms with Crippen molar-refractivity contribution in [3.63, 3.8) is 0 Å². The molecule has 1 aromatic heterocycles. The highest BCUT2D eigenvalue weighted by Crippen LogP contribution is 2.35. The van der Waals surface area contributed by atoms with Crippen LogP contribution in [0.2, 0.25) is 0 Å². The number of ether oxygens (including phenoxy) is 2. The first-order valence-corrected chi connectivity index (χ1v) is 5.70. The Morgan fingerprint density at radius 1 is 1.48 bits per heavy atom. The first kappa shape index (κ1) is 16.7. The minimum atomic E-state index is -5.11. The molecule has 7 nitrogen and oxygen atoms in total. The molecular formula is C11H11F3N2O5. The second-order valence-electron chi connectivity index (χ2n) is 3.82. The van der Waals surface area contributed by atoms with Crippen LogP contribution in [-0.2, 0) is 16.0 Å². The zero-order valence-corrected chi connectivity index (χ0v) is 11.1. The van der Waals surface area contributed by atoms with Gasteiger partial charge in [-0.2, -0.15) is 0 Å². The van der Waals surface area contributed by atoms with E-state index >= 15 is 0 Å². The average molecular weight is 308 g/mol. The van der Waals surface area contributed by atoms with Crippen molar-refractivity contribution in [3.8, 4) is 5.75 Å². The number of hydrogen-bond acceptors (Lipinski definition) is 6. The van der Waals surface area contributed by atoms with Crippen molar-refractivity contribution in [2.75, 3.05) is 6.61 Å². The summed E-state index contributed by atoms with van der Waals surface area (Å²) in [7, 11) is 0. The molecular weight excluding hydrogens is 297 g/mol. The molecule has 0 spiro atoms. The van der Waals surface area contributed by atoms with Crippen molar-refractivity contribution >= 4 is 11.7 Å². The van der Waals surface area contributed by atoms with Crippen molar-refractivity contribution in [2.45, 2.75) is 26.6 Å². The first-order chi connectivity index (χ1) is 9.65. The molecule has 0 unspecified atom stereocenters. The molecule has 0 amide bonds. The number of esters is 1. The first-order valence-electron chi connectivity index (χ1n) is 5.70. The second-order valence-corrected chi connectivity index (χ2v) is 3.82. The molecule has 0 saturated heterocycles. The van der Waals surface area contributed by atoms with Gasteiger partial charge >= 0.3 is 18.0 Å². The molecule has 1 heterocycles. The molecule has 0 atom stereocenters. The molecule has 0 radical (unpaired) electrons. The van der Waals surface area contributed by atoms with Gasteiger partial charge in [-0.1, -0.05) is 0 Å². The third-order valence-electron chi connectivity index (χ3n) is 2.37. The Morgan fingerprint density at radius 3 is 2.57 bits per heavy atom. The van der Waals surface area contributed by atoms with Gasteiger partial charge < -0.3 is 9.47 Å². The van der Waals surface area contributed by atoms with Gasteiger partial charge in [-0.05, 0) is 13.8 Å². The Labute approximate surface area is 116 Å². The summed E-state index contributed by atoms with van der Waals surface area (Å²) in [6, 6.07) is 0. The summed E-state index contributed by atoms with van der Waals surface area (Å²) in [5.41, 5.74) is -1.18. The van der Waals surface area contributed by atoms with E-state index in [1.807, 2.05) is 0 Å². The number of hydrogen-bond donors (Lipinski definition) is 0. The highest BCUT2D eigenvalue weighted by Gasteiger charge is 2.36. The van der Waals surface area contributed by atoms with E-state index in [2.05, 4.69) is 14.5 Å². The van der Waals surface area contributed by atoms with E-state index in [-0.39, 0.29) is 17.9 Å². The van der Waals surface area contributed by atoms with E-state index in [4.69, 9.17) is 0 Å². The summed E-state index contributed by atoms with van der Waals surface area (Å²) in [5, 5.41) is 11.0. The number of carbonyl (C=O) groups excluding carboxylic acids is 1. The fourth-order valence-electron chi connectivity index (χ4n) is 1.58. The van der Waals surface area contributed by atoms with Crippen LogP contribution in [-0.4, -0.2) is 28.8 Å². The number of nitrogens with zero attached hydrogens (tertiary/aromatic N) is 2. The van der Waals surface area contributed by atoms with E-state index < -0.39 is 35.1 Å². The zero-order valence-electron chi connectivity index (χ0n) is 11.1. The fraction of sp³-hybridized carbons (Fsp3) is 0.455. The van der Waals surface area contributed by atoms with E-state index in [0.29, 0.717) is 6.20 Å². The molecule has 0 fully saturated rings. The molecule has 1 rings (SSSR count). The maximum absolute atomic E-state index is 12.2. The molecule has 0 aliphatic heterocycles. The normalized spacial score (nSPS) is 11.1.